The maximum atomic E-state index is 12.2. The second-order valence-electron chi connectivity index (χ2n) is 6.24. The van der Waals surface area contributed by atoms with Crippen LogP contribution in [-0.2, 0) is 22.6 Å². The van der Waals surface area contributed by atoms with E-state index in [9.17, 15) is 19.7 Å². The zero-order valence-corrected chi connectivity index (χ0v) is 15.4. The van der Waals surface area contributed by atoms with Gasteiger partial charge in [-0.15, -0.1) is 0 Å². The minimum absolute atomic E-state index is 0.0139. The molecule has 0 unspecified atom stereocenters. The molecular formula is C22H18N2O5. The van der Waals surface area contributed by atoms with Crippen molar-refractivity contribution in [1.29, 1.82) is 0 Å². The summed E-state index contributed by atoms with van der Waals surface area (Å²) in [5.74, 6) is -0.804. The van der Waals surface area contributed by atoms with Gasteiger partial charge in [0, 0.05) is 22.9 Å². The number of carbonyl (C=O) groups is 2. The van der Waals surface area contributed by atoms with Crippen LogP contribution >= 0.6 is 0 Å². The Balaban J connectivity index is 1.54. The Kier molecular flexibility index (Phi) is 6.32. The van der Waals surface area contributed by atoms with Gasteiger partial charge in [0.25, 0.3) is 11.6 Å². The van der Waals surface area contributed by atoms with Crippen molar-refractivity contribution in [3.05, 3.63) is 106 Å². The maximum Gasteiger partial charge on any atom is 0.310 e. The van der Waals surface area contributed by atoms with Crippen LogP contribution < -0.4 is 5.32 Å². The summed E-state index contributed by atoms with van der Waals surface area (Å²) in [5.41, 5.74) is 2.07. The Labute approximate surface area is 167 Å². The van der Waals surface area contributed by atoms with E-state index in [1.165, 1.54) is 12.1 Å². The molecule has 7 heteroatoms. The van der Waals surface area contributed by atoms with Gasteiger partial charge in [-0.05, 0) is 29.8 Å². The van der Waals surface area contributed by atoms with Crippen LogP contribution in [0.5, 0.6) is 0 Å². The van der Waals surface area contributed by atoms with Crippen molar-refractivity contribution in [2.75, 3.05) is 5.32 Å². The SMILES string of the molecule is O=C(Cc1ccccc1[N+](=O)[O-])OCc1ccc(C(=O)Nc2ccccc2)cc1. The Morgan fingerprint density at radius 2 is 1.55 bits per heavy atom. The molecule has 29 heavy (non-hydrogen) atoms. The van der Waals surface area contributed by atoms with Crippen LogP contribution in [-0.4, -0.2) is 16.8 Å². The number of nitro groups is 1. The number of esters is 1. The van der Waals surface area contributed by atoms with Gasteiger partial charge < -0.3 is 10.1 Å². The number of nitrogens with zero attached hydrogens (tertiary/aromatic N) is 1. The lowest BCUT2D eigenvalue weighted by Gasteiger charge is -2.08. The third-order valence-corrected chi connectivity index (χ3v) is 4.17. The van der Waals surface area contributed by atoms with Crippen LogP contribution in [0.3, 0.4) is 0 Å². The summed E-state index contributed by atoms with van der Waals surface area (Å²) in [5, 5.41) is 13.8. The lowest BCUT2D eigenvalue weighted by atomic mass is 10.1. The number of amides is 1. The molecule has 0 heterocycles. The Hall–Kier alpha value is -4.00. The van der Waals surface area contributed by atoms with E-state index in [-0.39, 0.29) is 24.6 Å². The molecule has 0 saturated heterocycles. The first-order valence-corrected chi connectivity index (χ1v) is 8.86. The van der Waals surface area contributed by atoms with Crippen LogP contribution in [0, 0.1) is 10.1 Å². The van der Waals surface area contributed by atoms with Gasteiger partial charge in [-0.25, -0.2) is 0 Å². The normalized spacial score (nSPS) is 10.2. The Morgan fingerprint density at radius 3 is 2.24 bits per heavy atom. The molecule has 1 N–H and O–H groups in total. The molecule has 3 aromatic rings. The molecule has 0 aliphatic carbocycles. The fourth-order valence-corrected chi connectivity index (χ4v) is 2.69. The highest BCUT2D eigenvalue weighted by Gasteiger charge is 2.16. The van der Waals surface area contributed by atoms with Crippen LogP contribution in [0.1, 0.15) is 21.5 Å². The van der Waals surface area contributed by atoms with E-state index in [1.807, 2.05) is 18.2 Å². The number of benzene rings is 3. The van der Waals surface area contributed by atoms with Crippen LogP contribution in [0.4, 0.5) is 11.4 Å². The van der Waals surface area contributed by atoms with Crippen molar-refractivity contribution in [2.45, 2.75) is 13.0 Å². The molecule has 0 spiro atoms. The highest BCUT2D eigenvalue weighted by molar-refractivity contribution is 6.04. The second kappa shape index (κ2) is 9.27. The number of ether oxygens (including phenoxy) is 1. The van der Waals surface area contributed by atoms with Gasteiger partial charge in [-0.1, -0.05) is 48.5 Å². The van der Waals surface area contributed by atoms with Gasteiger partial charge in [0.05, 0.1) is 11.3 Å². The molecule has 1 amide bonds. The predicted molar refractivity (Wildman–Crippen MR) is 107 cm³/mol. The predicted octanol–water partition coefficient (Wildman–Crippen LogP) is 4.13. The molecule has 0 atom stereocenters. The van der Waals surface area contributed by atoms with Gasteiger partial charge in [-0.2, -0.15) is 0 Å². The molecule has 0 aromatic heterocycles. The third kappa shape index (κ3) is 5.49. The zero-order valence-electron chi connectivity index (χ0n) is 15.4. The van der Waals surface area contributed by atoms with Crippen LogP contribution in [0.25, 0.3) is 0 Å². The number of rotatable bonds is 7. The summed E-state index contributed by atoms with van der Waals surface area (Å²) < 4.78 is 5.20. The van der Waals surface area contributed by atoms with Crippen LogP contribution in [0.2, 0.25) is 0 Å². The summed E-state index contributed by atoms with van der Waals surface area (Å²) in [6.45, 7) is 0.0139. The van der Waals surface area contributed by atoms with E-state index < -0.39 is 10.9 Å². The monoisotopic (exact) mass is 390 g/mol. The first-order chi connectivity index (χ1) is 14.0. The van der Waals surface area contributed by atoms with E-state index in [2.05, 4.69) is 5.32 Å². The highest BCUT2D eigenvalue weighted by atomic mass is 16.6. The molecule has 0 bridgehead atoms. The largest absolute Gasteiger partial charge is 0.461 e. The molecule has 0 radical (unpaired) electrons. The van der Waals surface area contributed by atoms with Crippen molar-refractivity contribution < 1.29 is 19.2 Å². The summed E-state index contributed by atoms with van der Waals surface area (Å²) in [6, 6.07) is 21.8. The summed E-state index contributed by atoms with van der Waals surface area (Å²) in [4.78, 5) is 34.7. The zero-order chi connectivity index (χ0) is 20.6. The molecular weight excluding hydrogens is 372 g/mol. The van der Waals surface area contributed by atoms with E-state index >= 15 is 0 Å². The smallest absolute Gasteiger partial charge is 0.310 e. The topological polar surface area (TPSA) is 98.5 Å². The third-order valence-electron chi connectivity index (χ3n) is 4.17. The number of para-hydroxylation sites is 2. The van der Waals surface area contributed by atoms with Gasteiger partial charge in [-0.3, -0.25) is 19.7 Å². The second-order valence-corrected chi connectivity index (χ2v) is 6.24. The minimum atomic E-state index is -0.565. The average molecular weight is 390 g/mol. The quantitative estimate of drug-likeness (QED) is 0.371. The van der Waals surface area contributed by atoms with Crippen molar-refractivity contribution in [3.8, 4) is 0 Å². The number of anilines is 1. The van der Waals surface area contributed by atoms with E-state index in [4.69, 9.17) is 4.74 Å². The number of nitrogens with one attached hydrogen (secondary N) is 1. The maximum absolute atomic E-state index is 12.2. The first kappa shape index (κ1) is 19.8. The number of nitro benzene ring substituents is 1. The van der Waals surface area contributed by atoms with Gasteiger partial charge in [0.2, 0.25) is 0 Å². The highest BCUT2D eigenvalue weighted by Crippen LogP contribution is 2.19. The summed E-state index contributed by atoms with van der Waals surface area (Å²) >= 11 is 0. The van der Waals surface area contributed by atoms with Gasteiger partial charge in [0.15, 0.2) is 0 Å². The summed E-state index contributed by atoms with van der Waals surface area (Å²) in [7, 11) is 0. The van der Waals surface area contributed by atoms with Crippen LogP contribution in [0.15, 0.2) is 78.9 Å². The lowest BCUT2D eigenvalue weighted by molar-refractivity contribution is -0.385. The molecule has 0 fully saturated rings. The van der Waals surface area contributed by atoms with Gasteiger partial charge >= 0.3 is 5.97 Å². The first-order valence-electron chi connectivity index (χ1n) is 8.86. The molecule has 146 valence electrons. The van der Waals surface area contributed by atoms with Crippen molar-refractivity contribution >= 4 is 23.3 Å². The van der Waals surface area contributed by atoms with Crippen molar-refractivity contribution in [2.24, 2.45) is 0 Å². The molecule has 3 aromatic carbocycles. The number of hydrogen-bond donors (Lipinski definition) is 1. The minimum Gasteiger partial charge on any atom is -0.461 e. The molecule has 0 saturated carbocycles. The fourth-order valence-electron chi connectivity index (χ4n) is 2.69. The van der Waals surface area contributed by atoms with Gasteiger partial charge in [0.1, 0.15) is 6.61 Å². The molecule has 7 nitrogen and oxygen atoms in total. The number of hydrogen-bond acceptors (Lipinski definition) is 5. The Morgan fingerprint density at radius 1 is 0.897 bits per heavy atom. The van der Waals surface area contributed by atoms with E-state index in [1.54, 1.807) is 48.5 Å². The van der Waals surface area contributed by atoms with Crippen molar-refractivity contribution in [1.82, 2.24) is 0 Å². The van der Waals surface area contributed by atoms with E-state index in [0.29, 0.717) is 22.4 Å². The lowest BCUT2D eigenvalue weighted by Crippen LogP contribution is -2.12. The molecule has 0 aliphatic heterocycles. The summed E-state index contributed by atoms with van der Waals surface area (Å²) in [6.07, 6.45) is -0.186. The molecule has 0 aliphatic rings. The number of carbonyl (C=O) groups excluding carboxylic acids is 2. The average Bonchev–Trinajstić information content (AvgIpc) is 2.73. The standard InChI is InChI=1S/C22H18N2O5/c25-21(14-18-6-4-5-9-20(18)24(27)28)29-15-16-10-12-17(13-11-16)22(26)23-19-7-2-1-3-8-19/h1-13H,14-15H2,(H,23,26). The van der Waals surface area contributed by atoms with E-state index in [0.717, 1.165) is 0 Å². The molecule has 3 rings (SSSR count). The fraction of sp³-hybridized carbons (Fsp3) is 0.0909. The van der Waals surface area contributed by atoms with Crippen molar-refractivity contribution in [3.63, 3.8) is 0 Å². The Bertz CT molecular complexity index is 1020.